The highest BCUT2D eigenvalue weighted by molar-refractivity contribution is 7.46. The number of nitrogens with one attached hydrogen (secondary N) is 2. The fourth-order valence-corrected chi connectivity index (χ4v) is 11.5. The first-order valence-corrected chi connectivity index (χ1v) is 29.0. The quantitative estimate of drug-likeness (QED) is 0.0442. The van der Waals surface area contributed by atoms with Gasteiger partial charge in [0, 0.05) is 37.3 Å². The lowest BCUT2D eigenvalue weighted by molar-refractivity contribution is -0.0921. The number of fused-ring (bicyclic) bond motifs is 1. The average Bonchev–Trinajstić information content (AvgIpc) is 4.13. The molecule has 9 rings (SSSR count). The summed E-state index contributed by atoms with van der Waals surface area (Å²) in [4.78, 5) is 54.5. The predicted molar refractivity (Wildman–Crippen MR) is 282 cm³/mol. The van der Waals surface area contributed by atoms with Gasteiger partial charge in [-0.05, 0) is 71.2 Å². The van der Waals surface area contributed by atoms with E-state index in [2.05, 4.69) is 59.1 Å². The van der Waals surface area contributed by atoms with Crippen LogP contribution in [0.5, 0.6) is 11.5 Å². The van der Waals surface area contributed by atoms with Crippen LogP contribution in [0.3, 0.4) is 0 Å². The third kappa shape index (κ3) is 11.2. The fraction of sp³-hybridized carbons (Fsp3) is 0.370. The molecule has 74 heavy (non-hydrogen) atoms. The molecule has 20 heteroatoms. The highest BCUT2D eigenvalue weighted by Crippen LogP contribution is 2.47. The molecule has 0 aliphatic carbocycles. The van der Waals surface area contributed by atoms with Crippen molar-refractivity contribution in [1.82, 2.24) is 29.1 Å². The lowest BCUT2D eigenvalue weighted by Crippen LogP contribution is -2.46. The Morgan fingerprint density at radius 3 is 1.95 bits per heavy atom. The number of aromatic amines is 1. The Labute approximate surface area is 431 Å². The van der Waals surface area contributed by atoms with Crippen molar-refractivity contribution in [3.05, 3.63) is 177 Å². The molecule has 3 aromatic heterocycles. The minimum atomic E-state index is -2.34. The Balaban J connectivity index is 0.978. The summed E-state index contributed by atoms with van der Waals surface area (Å²) >= 11 is 0. The maximum absolute atomic E-state index is 13.2. The number of amides is 1. The maximum atomic E-state index is 13.2. The lowest BCUT2D eigenvalue weighted by atomic mass is 9.80. The Bertz CT molecular complexity index is 3090. The Morgan fingerprint density at radius 2 is 1.34 bits per heavy atom. The van der Waals surface area contributed by atoms with E-state index in [1.54, 1.807) is 44.8 Å². The van der Waals surface area contributed by atoms with Crippen molar-refractivity contribution in [3.63, 3.8) is 0 Å². The van der Waals surface area contributed by atoms with Crippen molar-refractivity contribution < 1.29 is 42.0 Å². The largest absolute Gasteiger partial charge is 0.497 e. The number of aromatic nitrogens is 6. The predicted octanol–water partition coefficient (Wildman–Crippen LogP) is 8.96. The van der Waals surface area contributed by atoms with Crippen LogP contribution in [0.2, 0.25) is 18.1 Å². The molecular formula is C54H62N7O11PSi. The molecule has 2 saturated heterocycles. The van der Waals surface area contributed by atoms with Crippen molar-refractivity contribution in [2.45, 2.75) is 94.2 Å². The molecule has 7 aromatic rings. The number of rotatable bonds is 19. The highest BCUT2D eigenvalue weighted by Gasteiger charge is 2.47. The van der Waals surface area contributed by atoms with Crippen molar-refractivity contribution in [2.24, 2.45) is 0 Å². The van der Waals surface area contributed by atoms with Crippen LogP contribution in [0.4, 0.5) is 5.82 Å². The summed E-state index contributed by atoms with van der Waals surface area (Å²) in [7, 11) is -0.721. The van der Waals surface area contributed by atoms with E-state index >= 15 is 0 Å². The third-order valence-electron chi connectivity index (χ3n) is 14.1. The molecule has 18 nitrogen and oxygen atoms in total. The van der Waals surface area contributed by atoms with E-state index in [9.17, 15) is 14.4 Å². The van der Waals surface area contributed by atoms with Crippen molar-refractivity contribution in [1.29, 1.82) is 0 Å². The molecule has 2 fully saturated rings. The number of methoxy groups -OCH3 is 2. The Morgan fingerprint density at radius 1 is 0.757 bits per heavy atom. The SMILES string of the molecule is COc1ccc(C(OC[C@H]2O[C@@H](n3ccc(=O)[nH]c3=O)C[C@@H]2OP(C)OC[C@H]2O[C@@H](n3cnc4c(NC(=O)c5ccccc5)ncnc43)C[C@@H]2O[Si](C)(C)C(C)(C)C)(c2ccccc2)c2ccc(OC)cc2)cc1. The Kier molecular flexibility index (Phi) is 15.7. The van der Waals surface area contributed by atoms with Crippen LogP contribution < -0.4 is 26.0 Å². The van der Waals surface area contributed by atoms with Crippen LogP contribution in [0.25, 0.3) is 11.2 Å². The molecule has 1 amide bonds. The number of hydrogen-bond donors (Lipinski definition) is 2. The van der Waals surface area contributed by atoms with Crippen LogP contribution >= 0.6 is 8.38 Å². The lowest BCUT2D eigenvalue weighted by Gasteiger charge is -2.39. The number of benzene rings is 4. The minimum Gasteiger partial charge on any atom is -0.497 e. The molecule has 2 aliphatic heterocycles. The maximum Gasteiger partial charge on any atom is 0.330 e. The minimum absolute atomic E-state index is 0.00527. The van der Waals surface area contributed by atoms with E-state index < -0.39 is 64.3 Å². The normalized spacial score (nSPS) is 20.6. The van der Waals surface area contributed by atoms with E-state index in [4.69, 9.17) is 37.2 Å². The smallest absolute Gasteiger partial charge is 0.330 e. The van der Waals surface area contributed by atoms with Gasteiger partial charge in [0.1, 0.15) is 48.1 Å². The molecule has 5 heterocycles. The molecule has 2 N–H and O–H groups in total. The van der Waals surface area contributed by atoms with Gasteiger partial charge in [-0.1, -0.05) is 93.6 Å². The molecule has 388 valence electrons. The topological polar surface area (TPSA) is 201 Å². The highest BCUT2D eigenvalue weighted by atomic mass is 31.2. The zero-order valence-corrected chi connectivity index (χ0v) is 44.6. The van der Waals surface area contributed by atoms with Gasteiger partial charge in [-0.3, -0.25) is 23.7 Å². The zero-order chi connectivity index (χ0) is 52.2. The van der Waals surface area contributed by atoms with Gasteiger partial charge < -0.3 is 42.5 Å². The molecule has 0 bridgehead atoms. The first kappa shape index (κ1) is 52.5. The molecule has 0 saturated carbocycles. The summed E-state index contributed by atoms with van der Waals surface area (Å²) in [5, 5.41) is 2.79. The van der Waals surface area contributed by atoms with Crippen molar-refractivity contribution in [3.8, 4) is 11.5 Å². The summed E-state index contributed by atoms with van der Waals surface area (Å²) in [6.45, 7) is 13.0. The van der Waals surface area contributed by atoms with E-state index in [0.717, 1.165) is 16.7 Å². The number of carbonyl (C=O) groups excluding carboxylic acids is 1. The monoisotopic (exact) mass is 1040 g/mol. The number of imidazole rings is 1. The summed E-state index contributed by atoms with van der Waals surface area (Å²) in [5.41, 5.74) is 1.60. The van der Waals surface area contributed by atoms with Crippen LogP contribution in [0, 0.1) is 0 Å². The van der Waals surface area contributed by atoms with Crippen LogP contribution in [-0.4, -0.2) is 102 Å². The van der Waals surface area contributed by atoms with Crippen LogP contribution in [-0.2, 0) is 33.3 Å². The second-order valence-corrected chi connectivity index (χ2v) is 25.8. The number of ether oxygens (including phenoxy) is 5. The second kappa shape index (κ2) is 22.2. The van der Waals surface area contributed by atoms with Gasteiger partial charge in [-0.15, -0.1) is 0 Å². The Hall–Kier alpha value is -6.41. The van der Waals surface area contributed by atoms with Gasteiger partial charge in [0.25, 0.3) is 11.5 Å². The number of anilines is 1. The average molecular weight is 1040 g/mol. The van der Waals surface area contributed by atoms with Gasteiger partial charge in [0.15, 0.2) is 33.7 Å². The standard InChI is InChI=1S/C54H62N7O11PSi/c1-53(2,3)74(7,8)72-42-30-47(61-34-57-48-49(55-33-56-50(48)61)59-51(63)35-15-11-9-12-16-35)70-44(42)32-68-73(6)71-41-29-46(60-28-27-45(62)58-52(60)64)69-43(41)31-67-54(36-17-13-10-14-18-36,37-19-23-39(65-4)24-20-37)38-21-25-40(66-5)26-22-38/h9-28,33-34,41-44,46-47H,29-32H2,1-8H3,(H,58,62,64)(H,55,56,59,63)/t41-,42-,43+,44+,46+,47+,73?/m0/s1. The van der Waals surface area contributed by atoms with Gasteiger partial charge in [0.2, 0.25) is 0 Å². The number of carbonyl (C=O) groups is 1. The molecule has 0 spiro atoms. The second-order valence-electron chi connectivity index (χ2n) is 19.7. The first-order chi connectivity index (χ1) is 35.6. The van der Waals surface area contributed by atoms with Gasteiger partial charge in [0.05, 0.1) is 46.0 Å². The third-order valence-corrected chi connectivity index (χ3v) is 19.6. The van der Waals surface area contributed by atoms with Crippen molar-refractivity contribution >= 4 is 39.6 Å². The van der Waals surface area contributed by atoms with Gasteiger partial charge >= 0.3 is 5.69 Å². The van der Waals surface area contributed by atoms with Gasteiger partial charge in [-0.2, -0.15) is 0 Å². The molecule has 7 atom stereocenters. The number of nitrogens with zero attached hydrogens (tertiary/aromatic N) is 5. The van der Waals surface area contributed by atoms with Gasteiger partial charge in [-0.25, -0.2) is 19.7 Å². The summed E-state index contributed by atoms with van der Waals surface area (Å²) in [6, 6.07) is 35.6. The first-order valence-electron chi connectivity index (χ1n) is 24.4. The van der Waals surface area contributed by atoms with E-state index in [0.29, 0.717) is 34.6 Å². The summed E-state index contributed by atoms with van der Waals surface area (Å²) in [5.74, 6) is 1.33. The van der Waals surface area contributed by atoms with Crippen molar-refractivity contribution in [2.75, 3.05) is 39.4 Å². The molecule has 1 unspecified atom stereocenters. The fourth-order valence-electron chi connectivity index (χ4n) is 9.09. The van der Waals surface area contributed by atoms with Crippen LogP contribution in [0.1, 0.15) is 73.1 Å². The summed E-state index contributed by atoms with van der Waals surface area (Å²) < 4.78 is 55.6. The van der Waals surface area contributed by atoms with E-state index in [1.165, 1.54) is 23.2 Å². The molecule has 4 aromatic carbocycles. The summed E-state index contributed by atoms with van der Waals surface area (Å²) in [6.07, 6.45) is 1.57. The molecule has 0 radical (unpaired) electrons. The number of hydrogen-bond acceptors (Lipinski definition) is 14. The zero-order valence-electron chi connectivity index (χ0n) is 42.7. The number of H-pyrrole nitrogens is 1. The van der Waals surface area contributed by atoms with E-state index in [-0.39, 0.29) is 42.5 Å². The van der Waals surface area contributed by atoms with Crippen LogP contribution in [0.15, 0.2) is 144 Å². The molecule has 2 aliphatic rings. The van der Waals surface area contributed by atoms with E-state index in [1.807, 2.05) is 96.2 Å². The molecular weight excluding hydrogens is 982 g/mol.